The van der Waals surface area contributed by atoms with Crippen molar-refractivity contribution in [3.63, 3.8) is 0 Å². The Morgan fingerprint density at radius 2 is 1.78 bits per heavy atom. The van der Waals surface area contributed by atoms with Gasteiger partial charge in [0.1, 0.15) is 5.82 Å². The minimum atomic E-state index is -0.326. The number of carbonyl (C=O) groups is 1. The summed E-state index contributed by atoms with van der Waals surface area (Å²) in [6, 6.07) is 14.1. The molecule has 27 heavy (non-hydrogen) atoms. The summed E-state index contributed by atoms with van der Waals surface area (Å²) >= 11 is 12.4. The standard InChI is InChI=1S/C19H17Cl2N3O3/c1-26-16-7-2-3-8-17(16)27-12-19(25)23-18-9-10-22-24(18)11-13-14(20)5-4-6-15(13)21/h2-10H,11-12H2,1H3,(H,23,25). The maximum absolute atomic E-state index is 12.3. The minimum absolute atomic E-state index is 0.168. The molecule has 0 aliphatic heterocycles. The van der Waals surface area contributed by atoms with E-state index in [-0.39, 0.29) is 12.5 Å². The first-order valence-electron chi connectivity index (χ1n) is 8.09. The highest BCUT2D eigenvalue weighted by Gasteiger charge is 2.13. The van der Waals surface area contributed by atoms with E-state index in [4.69, 9.17) is 32.7 Å². The van der Waals surface area contributed by atoms with Crippen molar-refractivity contribution in [1.29, 1.82) is 0 Å². The molecule has 3 rings (SSSR count). The zero-order valence-electron chi connectivity index (χ0n) is 14.5. The third kappa shape index (κ3) is 4.72. The molecule has 0 spiro atoms. The SMILES string of the molecule is COc1ccccc1OCC(=O)Nc1ccnn1Cc1c(Cl)cccc1Cl. The number of rotatable bonds is 7. The van der Waals surface area contributed by atoms with E-state index in [1.165, 1.54) is 0 Å². The monoisotopic (exact) mass is 405 g/mol. The summed E-state index contributed by atoms with van der Waals surface area (Å²) in [6.45, 7) is 0.160. The molecule has 0 radical (unpaired) electrons. The number of anilines is 1. The molecule has 0 saturated heterocycles. The van der Waals surface area contributed by atoms with Crippen LogP contribution in [0.2, 0.25) is 10.0 Å². The Labute approximate surface area is 166 Å². The molecule has 6 nitrogen and oxygen atoms in total. The third-order valence-corrected chi connectivity index (χ3v) is 4.49. The van der Waals surface area contributed by atoms with Gasteiger partial charge in [-0.2, -0.15) is 5.10 Å². The summed E-state index contributed by atoms with van der Waals surface area (Å²) in [5, 5.41) is 8.06. The van der Waals surface area contributed by atoms with Crippen LogP contribution in [0.5, 0.6) is 11.5 Å². The van der Waals surface area contributed by atoms with Gasteiger partial charge >= 0.3 is 0 Å². The highest BCUT2D eigenvalue weighted by Crippen LogP contribution is 2.27. The Morgan fingerprint density at radius 3 is 2.48 bits per heavy atom. The Balaban J connectivity index is 1.65. The molecule has 0 bridgehead atoms. The van der Waals surface area contributed by atoms with Crippen LogP contribution in [0, 0.1) is 0 Å². The van der Waals surface area contributed by atoms with Gasteiger partial charge in [0.2, 0.25) is 0 Å². The summed E-state index contributed by atoms with van der Waals surface area (Å²) in [4.78, 5) is 12.3. The Morgan fingerprint density at radius 1 is 1.07 bits per heavy atom. The number of benzene rings is 2. The number of nitrogens with one attached hydrogen (secondary N) is 1. The average molecular weight is 406 g/mol. The molecule has 0 atom stereocenters. The molecule has 140 valence electrons. The van der Waals surface area contributed by atoms with Crippen LogP contribution in [0.4, 0.5) is 5.82 Å². The van der Waals surface area contributed by atoms with Crippen molar-refractivity contribution in [2.45, 2.75) is 6.54 Å². The Bertz CT molecular complexity index is 923. The lowest BCUT2D eigenvalue weighted by molar-refractivity contribution is -0.118. The molecule has 1 heterocycles. The first-order chi connectivity index (χ1) is 13.1. The number of para-hydroxylation sites is 2. The summed E-state index contributed by atoms with van der Waals surface area (Å²) < 4.78 is 12.3. The highest BCUT2D eigenvalue weighted by atomic mass is 35.5. The summed E-state index contributed by atoms with van der Waals surface area (Å²) in [7, 11) is 1.54. The van der Waals surface area contributed by atoms with E-state index in [1.54, 1.807) is 60.5 Å². The topological polar surface area (TPSA) is 65.4 Å². The fraction of sp³-hybridized carbons (Fsp3) is 0.158. The molecule has 1 N–H and O–H groups in total. The van der Waals surface area contributed by atoms with Gasteiger partial charge in [0, 0.05) is 21.7 Å². The quantitative estimate of drug-likeness (QED) is 0.637. The number of halogens is 2. The lowest BCUT2D eigenvalue weighted by Gasteiger charge is -2.12. The first-order valence-corrected chi connectivity index (χ1v) is 8.84. The second-order valence-electron chi connectivity index (χ2n) is 5.56. The third-order valence-electron chi connectivity index (χ3n) is 3.78. The lowest BCUT2D eigenvalue weighted by atomic mass is 10.2. The van der Waals surface area contributed by atoms with E-state index in [9.17, 15) is 4.79 Å². The van der Waals surface area contributed by atoms with Crippen LogP contribution < -0.4 is 14.8 Å². The maximum atomic E-state index is 12.3. The second-order valence-corrected chi connectivity index (χ2v) is 6.38. The molecule has 0 saturated carbocycles. The van der Waals surface area contributed by atoms with Gasteiger partial charge in [-0.3, -0.25) is 4.79 Å². The molecular formula is C19H17Cl2N3O3. The fourth-order valence-electron chi connectivity index (χ4n) is 2.46. The van der Waals surface area contributed by atoms with Crippen LogP contribution in [0.15, 0.2) is 54.7 Å². The molecule has 0 aliphatic carbocycles. The van der Waals surface area contributed by atoms with Crippen LogP contribution >= 0.6 is 23.2 Å². The second kappa shape index (κ2) is 8.79. The zero-order chi connectivity index (χ0) is 19.2. The molecule has 0 fully saturated rings. The van der Waals surface area contributed by atoms with Crippen molar-refractivity contribution in [2.24, 2.45) is 0 Å². The van der Waals surface area contributed by atoms with Crippen molar-refractivity contribution in [2.75, 3.05) is 19.0 Å². The summed E-state index contributed by atoms with van der Waals surface area (Å²) in [6.07, 6.45) is 1.58. The molecular weight excluding hydrogens is 389 g/mol. The van der Waals surface area contributed by atoms with Crippen molar-refractivity contribution in [1.82, 2.24) is 9.78 Å². The van der Waals surface area contributed by atoms with Gasteiger partial charge in [0.25, 0.3) is 5.91 Å². The van der Waals surface area contributed by atoms with E-state index < -0.39 is 0 Å². The summed E-state index contributed by atoms with van der Waals surface area (Å²) in [5.41, 5.74) is 0.727. The number of ether oxygens (including phenoxy) is 2. The maximum Gasteiger partial charge on any atom is 0.263 e. The fourth-order valence-corrected chi connectivity index (χ4v) is 2.98. The molecule has 0 aliphatic rings. The minimum Gasteiger partial charge on any atom is -0.493 e. The predicted molar refractivity (Wildman–Crippen MR) is 105 cm³/mol. The van der Waals surface area contributed by atoms with Gasteiger partial charge in [-0.25, -0.2) is 4.68 Å². The van der Waals surface area contributed by atoms with Gasteiger partial charge in [-0.1, -0.05) is 41.4 Å². The highest BCUT2D eigenvalue weighted by molar-refractivity contribution is 6.35. The number of hydrogen-bond donors (Lipinski definition) is 1. The van der Waals surface area contributed by atoms with Crippen LogP contribution in [0.1, 0.15) is 5.56 Å². The number of aromatic nitrogens is 2. The van der Waals surface area contributed by atoms with Crippen molar-refractivity contribution in [3.05, 3.63) is 70.3 Å². The van der Waals surface area contributed by atoms with Gasteiger partial charge < -0.3 is 14.8 Å². The number of carbonyl (C=O) groups excluding carboxylic acids is 1. The van der Waals surface area contributed by atoms with Gasteiger partial charge in [0.15, 0.2) is 18.1 Å². The van der Waals surface area contributed by atoms with E-state index >= 15 is 0 Å². The molecule has 3 aromatic rings. The number of hydrogen-bond acceptors (Lipinski definition) is 4. The van der Waals surface area contributed by atoms with Gasteiger partial charge in [-0.05, 0) is 24.3 Å². The summed E-state index contributed by atoms with van der Waals surface area (Å²) in [5.74, 6) is 1.24. The molecule has 8 heteroatoms. The van der Waals surface area contributed by atoms with E-state index in [0.717, 1.165) is 5.56 Å². The molecule has 2 aromatic carbocycles. The Hall–Kier alpha value is -2.70. The lowest BCUT2D eigenvalue weighted by Crippen LogP contribution is -2.22. The Kier molecular flexibility index (Phi) is 6.21. The van der Waals surface area contributed by atoms with Crippen molar-refractivity contribution >= 4 is 34.9 Å². The van der Waals surface area contributed by atoms with E-state index in [0.29, 0.717) is 33.9 Å². The van der Waals surface area contributed by atoms with Crippen LogP contribution in [0.3, 0.4) is 0 Å². The normalized spacial score (nSPS) is 10.5. The van der Waals surface area contributed by atoms with Crippen LogP contribution in [-0.2, 0) is 11.3 Å². The number of amides is 1. The average Bonchev–Trinajstić information content (AvgIpc) is 3.10. The van der Waals surface area contributed by atoms with Crippen LogP contribution in [0.25, 0.3) is 0 Å². The van der Waals surface area contributed by atoms with Gasteiger partial charge in [0.05, 0.1) is 19.9 Å². The predicted octanol–water partition coefficient (Wildman–Crippen LogP) is 4.26. The number of nitrogens with zero attached hydrogens (tertiary/aromatic N) is 2. The van der Waals surface area contributed by atoms with E-state index in [1.807, 2.05) is 6.07 Å². The van der Waals surface area contributed by atoms with Crippen LogP contribution in [-0.4, -0.2) is 29.4 Å². The molecule has 1 amide bonds. The van der Waals surface area contributed by atoms with Crippen molar-refractivity contribution < 1.29 is 14.3 Å². The molecule has 0 unspecified atom stereocenters. The largest absolute Gasteiger partial charge is 0.493 e. The first kappa shape index (κ1) is 19.1. The number of methoxy groups -OCH3 is 1. The van der Waals surface area contributed by atoms with E-state index in [2.05, 4.69) is 10.4 Å². The zero-order valence-corrected chi connectivity index (χ0v) is 16.0. The molecule has 1 aromatic heterocycles. The van der Waals surface area contributed by atoms with Crippen molar-refractivity contribution in [3.8, 4) is 11.5 Å². The smallest absolute Gasteiger partial charge is 0.263 e. The van der Waals surface area contributed by atoms with Gasteiger partial charge in [-0.15, -0.1) is 0 Å².